The number of aromatic nitrogens is 2. The molecule has 0 bridgehead atoms. The highest BCUT2D eigenvalue weighted by molar-refractivity contribution is 6.30. The maximum absolute atomic E-state index is 12.4. The molecule has 6 heteroatoms. The van der Waals surface area contributed by atoms with Crippen LogP contribution in [0.4, 0.5) is 5.69 Å². The summed E-state index contributed by atoms with van der Waals surface area (Å²) in [4.78, 5) is 12.4. The third kappa shape index (κ3) is 5.00. The molecule has 0 unspecified atom stereocenters. The number of aromatic amines is 1. The van der Waals surface area contributed by atoms with E-state index < -0.39 is 0 Å². The number of hydrogen-bond donors (Lipinski definition) is 2. The number of halogens is 1. The number of anilines is 1. The summed E-state index contributed by atoms with van der Waals surface area (Å²) >= 11 is 5.95. The van der Waals surface area contributed by atoms with Gasteiger partial charge in [-0.05, 0) is 60.2 Å². The fraction of sp³-hybridized carbons (Fsp3) is 0. The molecule has 0 aliphatic carbocycles. The molecule has 5 aromatic rings. The molecular weight excluding hydrogens is 446 g/mol. The van der Waals surface area contributed by atoms with Crippen molar-refractivity contribution in [1.82, 2.24) is 10.2 Å². The second-order valence-corrected chi connectivity index (χ2v) is 8.09. The lowest BCUT2D eigenvalue weighted by Crippen LogP contribution is -2.11. The Kier molecular flexibility index (Phi) is 6.10. The molecule has 1 aromatic heterocycles. The van der Waals surface area contributed by atoms with Gasteiger partial charge >= 0.3 is 0 Å². The minimum atomic E-state index is -0.171. The van der Waals surface area contributed by atoms with Gasteiger partial charge in [-0.1, -0.05) is 54.1 Å². The van der Waals surface area contributed by atoms with Crippen LogP contribution >= 0.6 is 11.6 Å². The zero-order chi connectivity index (χ0) is 23.3. The number of carbonyl (C=O) groups is 1. The van der Waals surface area contributed by atoms with Crippen molar-refractivity contribution in [3.8, 4) is 11.5 Å². The van der Waals surface area contributed by atoms with Gasteiger partial charge in [0.1, 0.15) is 11.5 Å². The molecule has 0 saturated carbocycles. The molecule has 0 spiro atoms. The van der Waals surface area contributed by atoms with Gasteiger partial charge in [-0.2, -0.15) is 5.10 Å². The van der Waals surface area contributed by atoms with Gasteiger partial charge in [0.05, 0.1) is 11.2 Å². The van der Waals surface area contributed by atoms with Crippen LogP contribution in [0.1, 0.15) is 21.6 Å². The molecule has 0 radical (unpaired) electrons. The van der Waals surface area contributed by atoms with Crippen LogP contribution in [-0.2, 0) is 0 Å². The number of nitrogens with one attached hydrogen (secondary N) is 2. The Hall–Kier alpha value is -4.35. The molecule has 5 nitrogen and oxygen atoms in total. The van der Waals surface area contributed by atoms with E-state index in [-0.39, 0.29) is 5.91 Å². The highest BCUT2D eigenvalue weighted by atomic mass is 35.5. The summed E-state index contributed by atoms with van der Waals surface area (Å²) in [5.41, 5.74) is 3.99. The van der Waals surface area contributed by atoms with E-state index in [1.54, 1.807) is 18.2 Å². The molecule has 0 atom stereocenters. The van der Waals surface area contributed by atoms with Gasteiger partial charge in [-0.3, -0.25) is 9.89 Å². The average Bonchev–Trinajstić information content (AvgIpc) is 3.26. The third-order valence-electron chi connectivity index (χ3n) is 5.23. The molecule has 0 aliphatic rings. The van der Waals surface area contributed by atoms with Crippen LogP contribution in [0, 0.1) is 0 Å². The van der Waals surface area contributed by atoms with E-state index in [4.69, 9.17) is 16.3 Å². The van der Waals surface area contributed by atoms with Gasteiger partial charge < -0.3 is 10.1 Å². The van der Waals surface area contributed by atoms with Crippen molar-refractivity contribution < 1.29 is 9.53 Å². The fourth-order valence-corrected chi connectivity index (χ4v) is 3.65. The van der Waals surface area contributed by atoms with Crippen LogP contribution in [0.25, 0.3) is 23.1 Å². The van der Waals surface area contributed by atoms with Crippen LogP contribution in [0.15, 0.2) is 97.1 Å². The van der Waals surface area contributed by atoms with Crippen molar-refractivity contribution in [3.63, 3.8) is 0 Å². The third-order valence-corrected chi connectivity index (χ3v) is 5.48. The molecule has 0 saturated heterocycles. The summed E-state index contributed by atoms with van der Waals surface area (Å²) < 4.78 is 6.03. The Bertz CT molecular complexity index is 1480. The minimum Gasteiger partial charge on any atom is -0.457 e. The zero-order valence-electron chi connectivity index (χ0n) is 18.0. The molecule has 34 heavy (non-hydrogen) atoms. The fourth-order valence-electron chi connectivity index (χ4n) is 3.53. The average molecular weight is 466 g/mol. The molecule has 4 aromatic carbocycles. The summed E-state index contributed by atoms with van der Waals surface area (Å²) in [5, 5.41) is 12.1. The Morgan fingerprint density at radius 1 is 0.853 bits per heavy atom. The van der Waals surface area contributed by atoms with Crippen LogP contribution in [0.5, 0.6) is 11.5 Å². The topological polar surface area (TPSA) is 67.0 Å². The van der Waals surface area contributed by atoms with E-state index in [9.17, 15) is 4.79 Å². The van der Waals surface area contributed by atoms with Crippen molar-refractivity contribution in [1.29, 1.82) is 0 Å². The lowest BCUT2D eigenvalue weighted by Gasteiger charge is -2.09. The van der Waals surface area contributed by atoms with Crippen molar-refractivity contribution in [3.05, 3.63) is 119 Å². The monoisotopic (exact) mass is 465 g/mol. The van der Waals surface area contributed by atoms with Crippen molar-refractivity contribution in [2.75, 3.05) is 5.32 Å². The maximum Gasteiger partial charge on any atom is 0.255 e. The van der Waals surface area contributed by atoms with Gasteiger partial charge in [-0.15, -0.1) is 0 Å². The summed E-state index contributed by atoms with van der Waals surface area (Å²) in [7, 11) is 0. The maximum atomic E-state index is 12.4. The summed E-state index contributed by atoms with van der Waals surface area (Å²) in [6, 6.07) is 29.8. The van der Waals surface area contributed by atoms with E-state index >= 15 is 0 Å². The van der Waals surface area contributed by atoms with Crippen LogP contribution in [-0.4, -0.2) is 16.1 Å². The van der Waals surface area contributed by atoms with Gasteiger partial charge in [0.15, 0.2) is 0 Å². The SMILES string of the molecule is O=C(Nc1cccc(Oc2ccc3c(/C=C/c4ccc(Cl)cc4)n[nH]c3c2)c1)c1ccccc1. The Morgan fingerprint density at radius 2 is 1.65 bits per heavy atom. The first-order valence-electron chi connectivity index (χ1n) is 10.7. The smallest absolute Gasteiger partial charge is 0.255 e. The van der Waals surface area contributed by atoms with Gasteiger partial charge in [0.2, 0.25) is 0 Å². The lowest BCUT2D eigenvalue weighted by molar-refractivity contribution is 0.102. The van der Waals surface area contributed by atoms with Crippen molar-refractivity contribution in [2.45, 2.75) is 0 Å². The van der Waals surface area contributed by atoms with Gasteiger partial charge in [-0.25, -0.2) is 0 Å². The number of fused-ring (bicyclic) bond motifs is 1. The van der Waals surface area contributed by atoms with Crippen LogP contribution in [0.2, 0.25) is 5.02 Å². The van der Waals surface area contributed by atoms with Crippen LogP contribution < -0.4 is 10.1 Å². The molecule has 2 N–H and O–H groups in total. The Morgan fingerprint density at radius 3 is 2.47 bits per heavy atom. The van der Waals surface area contributed by atoms with E-state index in [0.29, 0.717) is 27.8 Å². The van der Waals surface area contributed by atoms with E-state index in [1.165, 1.54) is 0 Å². The lowest BCUT2D eigenvalue weighted by atomic mass is 10.1. The summed E-state index contributed by atoms with van der Waals surface area (Å²) in [6.45, 7) is 0. The molecule has 0 aliphatic heterocycles. The number of hydrogen-bond acceptors (Lipinski definition) is 3. The first-order valence-corrected chi connectivity index (χ1v) is 11.1. The predicted molar refractivity (Wildman–Crippen MR) is 137 cm³/mol. The molecule has 0 fully saturated rings. The van der Waals surface area contributed by atoms with E-state index in [1.807, 2.05) is 91.0 Å². The quantitative estimate of drug-likeness (QED) is 0.274. The van der Waals surface area contributed by atoms with Gasteiger partial charge in [0.25, 0.3) is 5.91 Å². The summed E-state index contributed by atoms with van der Waals surface area (Å²) in [5.74, 6) is 1.11. The number of ether oxygens (including phenoxy) is 1. The summed E-state index contributed by atoms with van der Waals surface area (Å²) in [6.07, 6.45) is 3.95. The van der Waals surface area contributed by atoms with E-state index in [0.717, 1.165) is 22.2 Å². The largest absolute Gasteiger partial charge is 0.457 e. The molecule has 166 valence electrons. The number of nitrogens with zero attached hydrogens (tertiary/aromatic N) is 1. The minimum absolute atomic E-state index is 0.171. The molecule has 1 amide bonds. The van der Waals surface area contributed by atoms with Gasteiger partial charge in [0, 0.05) is 33.8 Å². The number of benzene rings is 4. The Balaban J connectivity index is 1.30. The van der Waals surface area contributed by atoms with Crippen molar-refractivity contribution >= 4 is 46.3 Å². The first kappa shape index (κ1) is 21.5. The zero-order valence-corrected chi connectivity index (χ0v) is 18.8. The normalized spacial score (nSPS) is 11.1. The molecule has 5 rings (SSSR count). The second-order valence-electron chi connectivity index (χ2n) is 7.65. The second kappa shape index (κ2) is 9.65. The highest BCUT2D eigenvalue weighted by Gasteiger charge is 2.08. The molecular formula is C28H20ClN3O2. The van der Waals surface area contributed by atoms with Crippen LogP contribution in [0.3, 0.4) is 0 Å². The number of rotatable bonds is 6. The number of carbonyl (C=O) groups excluding carboxylic acids is 1. The van der Waals surface area contributed by atoms with Crippen molar-refractivity contribution in [2.24, 2.45) is 0 Å². The predicted octanol–water partition coefficient (Wildman–Crippen LogP) is 7.43. The standard InChI is InChI=1S/C28H20ClN3O2/c29-21-12-9-19(10-13-21)11-16-26-25-15-14-24(18-27(25)32-31-26)34-23-8-4-7-22(17-23)30-28(33)20-5-2-1-3-6-20/h1-18H,(H,30,33)(H,31,32)/b16-11+. The number of amides is 1. The Labute approximate surface area is 201 Å². The highest BCUT2D eigenvalue weighted by Crippen LogP contribution is 2.28. The first-order chi connectivity index (χ1) is 16.6. The molecule has 1 heterocycles. The van der Waals surface area contributed by atoms with E-state index in [2.05, 4.69) is 15.5 Å². The number of H-pyrrole nitrogens is 1.